The van der Waals surface area contributed by atoms with E-state index < -0.39 is 139 Å². The third kappa shape index (κ3) is 18.8. The average Bonchev–Trinajstić information content (AvgIpc) is 3.29. The molecule has 2 aromatic rings. The second kappa shape index (κ2) is 27.9. The highest BCUT2D eigenvalue weighted by atomic mass is 16.4. The largest absolute Gasteiger partial charge is 0.480 e. The third-order valence-corrected chi connectivity index (χ3v) is 10.3. The predicted octanol–water partition coefficient (Wildman–Crippen LogP) is -3.19. The van der Waals surface area contributed by atoms with Gasteiger partial charge in [-0.15, -0.1) is 0 Å². The van der Waals surface area contributed by atoms with Gasteiger partial charge in [0.05, 0.1) is 31.7 Å². The molecule has 0 aromatic heterocycles. The zero-order valence-corrected chi connectivity index (χ0v) is 38.2. The molecule has 0 aliphatic rings. The molecule has 0 bridgehead atoms. The average molecular weight is 956 g/mol. The number of aromatic carboxylic acids is 1. The molecule has 0 radical (unpaired) electrons. The maximum Gasteiger partial charge on any atom is 0.335 e. The molecule has 0 aliphatic carbocycles. The Hall–Kier alpha value is -7.47. The van der Waals surface area contributed by atoms with Crippen LogP contribution in [0, 0.1) is 11.8 Å². The van der Waals surface area contributed by atoms with Crippen molar-refractivity contribution in [1.82, 2.24) is 42.5 Å². The molecule has 0 unspecified atom stereocenters. The molecule has 14 N–H and O–H groups in total. The molecule has 8 atom stereocenters. The first-order valence-electron chi connectivity index (χ1n) is 21.5. The van der Waals surface area contributed by atoms with Gasteiger partial charge in [-0.1, -0.05) is 64.4 Å². The monoisotopic (exact) mass is 955 g/mol. The number of amides is 9. The Balaban J connectivity index is 2.17. The van der Waals surface area contributed by atoms with Crippen LogP contribution in [0.2, 0.25) is 0 Å². The van der Waals surface area contributed by atoms with Gasteiger partial charge in [-0.05, 0) is 55.0 Å². The van der Waals surface area contributed by atoms with Crippen LogP contribution in [0.25, 0.3) is 0 Å². The number of hydrogen-bond donors (Lipinski definition) is 13. The number of carbonyl (C=O) groups is 11. The van der Waals surface area contributed by atoms with E-state index in [2.05, 4.69) is 37.2 Å². The normalized spacial score (nSPS) is 14.4. The lowest BCUT2D eigenvalue weighted by Gasteiger charge is -2.29. The first-order valence-corrected chi connectivity index (χ1v) is 21.5. The molecule has 9 amide bonds. The summed E-state index contributed by atoms with van der Waals surface area (Å²) in [7, 11) is 0. The minimum atomic E-state index is -1.72. The highest BCUT2D eigenvalue weighted by Gasteiger charge is 2.34. The van der Waals surface area contributed by atoms with Crippen LogP contribution in [-0.2, 0) is 49.6 Å². The number of carboxylic acids is 2. The molecule has 372 valence electrons. The third-order valence-electron chi connectivity index (χ3n) is 10.3. The topological polar surface area (TPSA) is 391 Å². The van der Waals surface area contributed by atoms with Crippen molar-refractivity contribution in [2.75, 3.05) is 19.8 Å². The zero-order valence-electron chi connectivity index (χ0n) is 38.2. The van der Waals surface area contributed by atoms with Crippen LogP contribution >= 0.6 is 0 Å². The van der Waals surface area contributed by atoms with Gasteiger partial charge >= 0.3 is 11.9 Å². The van der Waals surface area contributed by atoms with E-state index in [0.717, 1.165) is 12.1 Å². The van der Waals surface area contributed by atoms with Gasteiger partial charge in [-0.25, -0.2) is 9.59 Å². The van der Waals surface area contributed by atoms with Gasteiger partial charge in [0, 0.05) is 12.0 Å². The lowest BCUT2D eigenvalue weighted by molar-refractivity contribution is -0.143. The summed E-state index contributed by atoms with van der Waals surface area (Å²) in [6, 6.07) is 2.85. The summed E-state index contributed by atoms with van der Waals surface area (Å²) in [6.07, 6.45) is -0.429. The number of hydrogen-bond acceptors (Lipinski definition) is 13. The first-order chi connectivity index (χ1) is 32.0. The van der Waals surface area contributed by atoms with Crippen molar-refractivity contribution < 1.29 is 73.2 Å². The standard InChI is InChI=1S/C44H61N9O15/c1-6-23(4)35(42(64)50-28(16-22(2)3)39(61)51-31(20-54)41(63)52-32(21-55)44(67)68)53-36(58)24(5)47-34(57)19-46-38(60)29(17-25-10-8-7-9-11-25)49-40(62)30(18-33(45)56)48-37(59)26-12-14-27(15-13-26)43(65)66/h7-15,22-24,28-32,35,54-55H,6,16-21H2,1-5H3,(H2,45,56)(H,46,60)(H,47,57)(H,48,59)(H,49,62)(H,50,64)(H,51,61)(H,52,63)(H,53,58)(H,65,66)(H,67,68)/t23-,24-,28-,29-,30-,31-,32-,35-/m0/s1. The Morgan fingerprint density at radius 3 is 1.63 bits per heavy atom. The van der Waals surface area contributed by atoms with E-state index in [1.165, 1.54) is 19.1 Å². The zero-order chi connectivity index (χ0) is 51.2. The molecular formula is C44H61N9O15. The Morgan fingerprint density at radius 2 is 1.10 bits per heavy atom. The fraction of sp³-hybridized carbons (Fsp3) is 0.477. The number of aliphatic hydroxyl groups excluding tert-OH is 2. The Bertz CT molecular complexity index is 2120. The van der Waals surface area contributed by atoms with Crippen LogP contribution in [0.4, 0.5) is 0 Å². The molecule has 0 heterocycles. The first kappa shape index (κ1) is 56.7. The van der Waals surface area contributed by atoms with Crippen LogP contribution in [0.5, 0.6) is 0 Å². The number of rotatable bonds is 28. The molecule has 0 saturated carbocycles. The maximum absolute atomic E-state index is 13.7. The minimum absolute atomic E-state index is 0.0258. The fourth-order valence-electron chi connectivity index (χ4n) is 6.27. The molecule has 0 saturated heterocycles. The van der Waals surface area contributed by atoms with E-state index in [1.54, 1.807) is 58.0 Å². The van der Waals surface area contributed by atoms with E-state index in [9.17, 15) is 63.0 Å². The van der Waals surface area contributed by atoms with Crippen molar-refractivity contribution in [3.8, 4) is 0 Å². The number of benzene rings is 2. The predicted molar refractivity (Wildman–Crippen MR) is 240 cm³/mol. The summed E-state index contributed by atoms with van der Waals surface area (Å²) in [6.45, 7) is 5.51. The van der Waals surface area contributed by atoms with E-state index >= 15 is 0 Å². The molecule has 0 spiro atoms. The van der Waals surface area contributed by atoms with Gasteiger partial charge < -0.3 is 68.7 Å². The van der Waals surface area contributed by atoms with Gasteiger partial charge in [0.15, 0.2) is 0 Å². The summed E-state index contributed by atoms with van der Waals surface area (Å²) in [5, 5.41) is 56.3. The van der Waals surface area contributed by atoms with Gasteiger partial charge in [-0.2, -0.15) is 0 Å². The van der Waals surface area contributed by atoms with E-state index in [-0.39, 0.29) is 29.9 Å². The number of carboxylic acid groups (broad SMARTS) is 2. The Labute approximate surface area is 391 Å². The second-order valence-electron chi connectivity index (χ2n) is 16.2. The highest BCUT2D eigenvalue weighted by Crippen LogP contribution is 2.12. The van der Waals surface area contributed by atoms with Gasteiger partial charge in [0.1, 0.15) is 42.3 Å². The van der Waals surface area contributed by atoms with Crippen LogP contribution in [0.3, 0.4) is 0 Å². The van der Waals surface area contributed by atoms with E-state index in [4.69, 9.17) is 15.9 Å². The van der Waals surface area contributed by atoms with Crippen LogP contribution in [0.15, 0.2) is 54.6 Å². The van der Waals surface area contributed by atoms with Crippen LogP contribution in [-0.4, -0.2) is 148 Å². The maximum atomic E-state index is 13.7. The highest BCUT2D eigenvalue weighted by molar-refractivity contribution is 6.01. The molecule has 24 nitrogen and oxygen atoms in total. The van der Waals surface area contributed by atoms with Crippen LogP contribution in [0.1, 0.15) is 80.2 Å². The summed E-state index contributed by atoms with van der Waals surface area (Å²) >= 11 is 0. The molecule has 0 aliphatic heterocycles. The van der Waals surface area contributed by atoms with Crippen molar-refractivity contribution in [3.05, 3.63) is 71.3 Å². The van der Waals surface area contributed by atoms with Crippen molar-refractivity contribution >= 4 is 65.1 Å². The fourth-order valence-corrected chi connectivity index (χ4v) is 6.27. The van der Waals surface area contributed by atoms with Gasteiger partial charge in [0.2, 0.25) is 47.3 Å². The summed E-state index contributed by atoms with van der Waals surface area (Å²) in [5.74, 6) is -11.8. The van der Waals surface area contributed by atoms with Crippen molar-refractivity contribution in [2.45, 2.75) is 103 Å². The number of aliphatic carboxylic acids is 1. The number of aliphatic hydroxyl groups is 2. The Kier molecular flexibility index (Phi) is 23.2. The van der Waals surface area contributed by atoms with E-state index in [0.29, 0.717) is 12.0 Å². The van der Waals surface area contributed by atoms with Gasteiger partial charge in [-0.3, -0.25) is 43.2 Å². The van der Waals surface area contributed by atoms with Crippen molar-refractivity contribution in [1.29, 1.82) is 0 Å². The number of nitrogens with two attached hydrogens (primary N) is 1. The summed E-state index contributed by atoms with van der Waals surface area (Å²) in [4.78, 5) is 141. The lowest BCUT2D eigenvalue weighted by atomic mass is 9.96. The molecule has 2 aromatic carbocycles. The summed E-state index contributed by atoms with van der Waals surface area (Å²) in [5.41, 5.74) is 5.77. The minimum Gasteiger partial charge on any atom is -0.480 e. The molecule has 0 fully saturated rings. The van der Waals surface area contributed by atoms with Gasteiger partial charge in [0.25, 0.3) is 5.91 Å². The number of carbonyl (C=O) groups excluding carboxylic acids is 9. The SMILES string of the molecule is CC[C@H](C)[C@H](NC(=O)[C@H](C)NC(=O)CNC(=O)[C@H](Cc1ccccc1)NC(=O)[C@H](CC(N)=O)NC(=O)c1ccc(C(=O)O)cc1)C(=O)N[C@@H](CC(C)C)C(=O)N[C@@H](CO)C(=O)N[C@@H](CO)C(=O)O. The second-order valence-corrected chi connectivity index (χ2v) is 16.2. The quantitative estimate of drug-likeness (QED) is 0.0400. The van der Waals surface area contributed by atoms with Crippen molar-refractivity contribution in [3.63, 3.8) is 0 Å². The lowest BCUT2D eigenvalue weighted by Crippen LogP contribution is -2.60. The number of primary amides is 1. The Morgan fingerprint density at radius 1 is 0.574 bits per heavy atom. The number of nitrogens with one attached hydrogen (secondary N) is 8. The molecular weight excluding hydrogens is 895 g/mol. The molecule has 24 heteroatoms. The van der Waals surface area contributed by atoms with Crippen molar-refractivity contribution in [2.24, 2.45) is 17.6 Å². The summed E-state index contributed by atoms with van der Waals surface area (Å²) < 4.78 is 0. The molecule has 2 rings (SSSR count). The van der Waals surface area contributed by atoms with Crippen LogP contribution < -0.4 is 48.3 Å². The van der Waals surface area contributed by atoms with E-state index in [1.807, 2.05) is 5.32 Å². The molecule has 68 heavy (non-hydrogen) atoms. The smallest absolute Gasteiger partial charge is 0.335 e.